The van der Waals surface area contributed by atoms with E-state index in [4.69, 9.17) is 17.3 Å². The van der Waals surface area contributed by atoms with Crippen LogP contribution in [0.5, 0.6) is 0 Å². The molecular weight excluding hydrogens is 461 g/mol. The van der Waals surface area contributed by atoms with E-state index in [0.29, 0.717) is 29.7 Å². The van der Waals surface area contributed by atoms with E-state index in [-0.39, 0.29) is 21.7 Å². The maximum Gasteiger partial charge on any atom is 0.335 e. The molecule has 1 heterocycles. The highest BCUT2D eigenvalue weighted by Gasteiger charge is 2.41. The van der Waals surface area contributed by atoms with Crippen LogP contribution in [-0.4, -0.2) is 32.8 Å². The number of nitrogens with two attached hydrogens (primary N) is 1. The summed E-state index contributed by atoms with van der Waals surface area (Å²) in [6.45, 7) is 1.66. The predicted molar refractivity (Wildman–Crippen MR) is 123 cm³/mol. The SMILES string of the molecule is Cc1ncccc1C(=O)N([C@@H]1CCc2c(F)cc(Cl)cc21)[C@H](C(N)=O)c1cccc(C(=O)O)c1. The Morgan fingerprint density at radius 2 is 1.97 bits per heavy atom. The smallest absolute Gasteiger partial charge is 0.335 e. The van der Waals surface area contributed by atoms with Gasteiger partial charge in [-0.2, -0.15) is 0 Å². The molecule has 0 unspecified atom stereocenters. The molecule has 1 aliphatic rings. The summed E-state index contributed by atoms with van der Waals surface area (Å²) >= 11 is 6.12. The third-order valence-corrected chi connectivity index (χ3v) is 6.24. The standard InChI is InChI=1S/C25H21ClFN3O4/c1-13-17(6-3-9-29-13)24(32)30(21-8-7-18-19(21)11-16(26)12-20(18)27)22(23(28)31)14-4-2-5-15(10-14)25(33)34/h2-6,9-12,21-22H,7-8H2,1H3,(H2,28,31)(H,33,34)/t21-,22+/m1/s1. The lowest BCUT2D eigenvalue weighted by Gasteiger charge is -2.36. The Labute approximate surface area is 200 Å². The van der Waals surface area contributed by atoms with E-state index in [2.05, 4.69) is 4.98 Å². The van der Waals surface area contributed by atoms with Crippen molar-refractivity contribution in [2.45, 2.75) is 31.8 Å². The molecule has 0 radical (unpaired) electrons. The minimum Gasteiger partial charge on any atom is -0.478 e. The zero-order valence-corrected chi connectivity index (χ0v) is 18.9. The Morgan fingerprint density at radius 1 is 1.21 bits per heavy atom. The number of hydrogen-bond acceptors (Lipinski definition) is 4. The van der Waals surface area contributed by atoms with E-state index in [1.54, 1.807) is 31.3 Å². The van der Waals surface area contributed by atoms with Gasteiger partial charge < -0.3 is 15.7 Å². The number of aromatic nitrogens is 1. The van der Waals surface area contributed by atoms with E-state index in [0.717, 1.165) is 0 Å². The van der Waals surface area contributed by atoms with Crippen molar-refractivity contribution in [3.05, 3.63) is 99.1 Å². The van der Waals surface area contributed by atoms with Crippen molar-refractivity contribution >= 4 is 29.4 Å². The molecule has 1 aliphatic carbocycles. The first-order chi connectivity index (χ1) is 16.2. The molecule has 3 aromatic rings. The number of carbonyl (C=O) groups excluding carboxylic acids is 2. The van der Waals surface area contributed by atoms with Gasteiger partial charge in [-0.05, 0) is 72.9 Å². The lowest BCUT2D eigenvalue weighted by Crippen LogP contribution is -2.43. The summed E-state index contributed by atoms with van der Waals surface area (Å²) in [6, 6.07) is 9.63. The van der Waals surface area contributed by atoms with Gasteiger partial charge in [0, 0.05) is 16.9 Å². The summed E-state index contributed by atoms with van der Waals surface area (Å²) in [5.41, 5.74) is 7.57. The molecule has 9 heteroatoms. The maximum absolute atomic E-state index is 14.6. The van der Waals surface area contributed by atoms with Gasteiger partial charge in [-0.3, -0.25) is 14.6 Å². The van der Waals surface area contributed by atoms with Gasteiger partial charge in [0.25, 0.3) is 5.91 Å². The van der Waals surface area contributed by atoms with Crippen LogP contribution in [-0.2, 0) is 11.2 Å². The molecular formula is C25H21ClFN3O4. The number of pyridine rings is 1. The average molecular weight is 482 g/mol. The van der Waals surface area contributed by atoms with Crippen molar-refractivity contribution < 1.29 is 23.9 Å². The molecule has 0 saturated carbocycles. The van der Waals surface area contributed by atoms with Crippen molar-refractivity contribution in [1.29, 1.82) is 0 Å². The molecule has 7 nitrogen and oxygen atoms in total. The minimum atomic E-state index is -1.32. The molecule has 0 fully saturated rings. The van der Waals surface area contributed by atoms with Crippen LogP contribution in [0.4, 0.5) is 4.39 Å². The average Bonchev–Trinajstić information content (AvgIpc) is 3.20. The first-order valence-corrected chi connectivity index (χ1v) is 10.9. The molecule has 34 heavy (non-hydrogen) atoms. The number of amides is 2. The molecule has 3 N–H and O–H groups in total. The van der Waals surface area contributed by atoms with Crippen molar-refractivity contribution in [3.8, 4) is 0 Å². The van der Waals surface area contributed by atoms with E-state index >= 15 is 0 Å². The molecule has 1 aromatic heterocycles. The Balaban J connectivity index is 1.92. The van der Waals surface area contributed by atoms with Crippen LogP contribution in [0, 0.1) is 12.7 Å². The van der Waals surface area contributed by atoms with Crippen LogP contribution < -0.4 is 5.73 Å². The topological polar surface area (TPSA) is 114 Å². The van der Waals surface area contributed by atoms with Crippen LogP contribution in [0.25, 0.3) is 0 Å². The highest BCUT2D eigenvalue weighted by atomic mass is 35.5. The second-order valence-corrected chi connectivity index (χ2v) is 8.53. The highest BCUT2D eigenvalue weighted by Crippen LogP contribution is 2.43. The van der Waals surface area contributed by atoms with Gasteiger partial charge in [-0.25, -0.2) is 9.18 Å². The van der Waals surface area contributed by atoms with E-state index in [9.17, 15) is 23.9 Å². The number of carbonyl (C=O) groups is 3. The second kappa shape index (κ2) is 9.23. The molecule has 2 atom stereocenters. The molecule has 4 rings (SSSR count). The minimum absolute atomic E-state index is 0.0605. The van der Waals surface area contributed by atoms with Gasteiger partial charge in [-0.15, -0.1) is 0 Å². The third-order valence-electron chi connectivity index (χ3n) is 6.03. The lowest BCUT2D eigenvalue weighted by atomic mass is 9.96. The normalized spacial score (nSPS) is 15.4. The Hall–Kier alpha value is -3.78. The molecule has 2 amide bonds. The third kappa shape index (κ3) is 4.24. The highest BCUT2D eigenvalue weighted by molar-refractivity contribution is 6.30. The van der Waals surface area contributed by atoms with E-state index in [1.165, 1.54) is 35.2 Å². The first kappa shape index (κ1) is 23.4. The predicted octanol–water partition coefficient (Wildman–Crippen LogP) is 4.24. The van der Waals surface area contributed by atoms with Crippen molar-refractivity contribution in [3.63, 3.8) is 0 Å². The molecule has 0 spiro atoms. The van der Waals surface area contributed by atoms with Crippen LogP contribution >= 0.6 is 11.6 Å². The van der Waals surface area contributed by atoms with Crippen LogP contribution in [0.3, 0.4) is 0 Å². The van der Waals surface area contributed by atoms with Crippen LogP contribution in [0.2, 0.25) is 5.02 Å². The Kier molecular flexibility index (Phi) is 6.34. The number of aryl methyl sites for hydroxylation is 1. The molecule has 2 aromatic carbocycles. The summed E-state index contributed by atoms with van der Waals surface area (Å²) in [6.07, 6.45) is 2.21. The van der Waals surface area contributed by atoms with Crippen molar-refractivity contribution in [2.24, 2.45) is 5.73 Å². The summed E-state index contributed by atoms with van der Waals surface area (Å²) in [5.74, 6) is -3.06. The van der Waals surface area contributed by atoms with Gasteiger partial charge in [-0.1, -0.05) is 23.7 Å². The van der Waals surface area contributed by atoms with Gasteiger partial charge in [0.1, 0.15) is 11.9 Å². The molecule has 0 saturated heterocycles. The number of aromatic carboxylic acids is 1. The Bertz CT molecular complexity index is 1310. The van der Waals surface area contributed by atoms with Gasteiger partial charge in [0.15, 0.2) is 0 Å². The Morgan fingerprint density at radius 3 is 2.65 bits per heavy atom. The fourth-order valence-corrected chi connectivity index (χ4v) is 4.72. The second-order valence-electron chi connectivity index (χ2n) is 8.09. The zero-order chi connectivity index (χ0) is 24.6. The first-order valence-electron chi connectivity index (χ1n) is 10.5. The summed E-state index contributed by atoms with van der Waals surface area (Å²) in [5, 5.41) is 9.60. The number of fused-ring (bicyclic) bond motifs is 1. The number of halogens is 2. The number of hydrogen-bond donors (Lipinski definition) is 2. The van der Waals surface area contributed by atoms with Gasteiger partial charge in [0.05, 0.1) is 17.2 Å². The van der Waals surface area contributed by atoms with Crippen LogP contribution in [0.15, 0.2) is 54.7 Å². The lowest BCUT2D eigenvalue weighted by molar-refractivity contribution is -0.123. The summed E-state index contributed by atoms with van der Waals surface area (Å²) in [7, 11) is 0. The van der Waals surface area contributed by atoms with E-state index < -0.39 is 35.7 Å². The molecule has 0 aliphatic heterocycles. The fraction of sp³-hybridized carbons (Fsp3) is 0.200. The zero-order valence-electron chi connectivity index (χ0n) is 18.2. The largest absolute Gasteiger partial charge is 0.478 e. The maximum atomic E-state index is 14.6. The summed E-state index contributed by atoms with van der Waals surface area (Å²) in [4.78, 5) is 43.7. The number of primary amides is 1. The van der Waals surface area contributed by atoms with Gasteiger partial charge >= 0.3 is 5.97 Å². The monoisotopic (exact) mass is 481 g/mol. The number of rotatable bonds is 6. The molecule has 174 valence electrons. The number of carboxylic acid groups (broad SMARTS) is 1. The summed E-state index contributed by atoms with van der Waals surface area (Å²) < 4.78 is 14.6. The number of carboxylic acids is 1. The van der Waals surface area contributed by atoms with Gasteiger partial charge in [0.2, 0.25) is 5.91 Å². The molecule has 0 bridgehead atoms. The fourth-order valence-electron chi connectivity index (χ4n) is 4.50. The number of nitrogens with zero attached hydrogens (tertiary/aromatic N) is 2. The van der Waals surface area contributed by atoms with Crippen LogP contribution in [0.1, 0.15) is 61.6 Å². The number of benzene rings is 2. The quantitative estimate of drug-likeness (QED) is 0.546. The van der Waals surface area contributed by atoms with Crippen molar-refractivity contribution in [1.82, 2.24) is 9.88 Å². The van der Waals surface area contributed by atoms with E-state index in [1.807, 2.05) is 0 Å². The van der Waals surface area contributed by atoms with Crippen molar-refractivity contribution in [2.75, 3.05) is 0 Å².